The highest BCUT2D eigenvalue weighted by atomic mass is 19.1. The number of nitrogens with two attached hydrogens (primary N) is 1. The first kappa shape index (κ1) is 13.7. The Morgan fingerprint density at radius 3 is 2.84 bits per heavy atom. The third kappa shape index (κ3) is 3.20. The molecule has 19 heavy (non-hydrogen) atoms. The summed E-state index contributed by atoms with van der Waals surface area (Å²) < 4.78 is 18.9. The molecule has 2 atom stereocenters. The van der Waals surface area contributed by atoms with Gasteiger partial charge in [-0.05, 0) is 31.9 Å². The number of hydrogen-bond acceptors (Lipinski definition) is 4. The Bertz CT molecular complexity index is 467. The van der Waals surface area contributed by atoms with Crippen molar-refractivity contribution < 1.29 is 14.1 Å². The lowest BCUT2D eigenvalue weighted by atomic mass is 9.86. The maximum absolute atomic E-state index is 13.2. The quantitative estimate of drug-likeness (QED) is 0.672. The van der Waals surface area contributed by atoms with Gasteiger partial charge in [-0.3, -0.25) is 10.1 Å². The van der Waals surface area contributed by atoms with Crippen molar-refractivity contribution in [2.24, 2.45) is 11.7 Å². The van der Waals surface area contributed by atoms with Gasteiger partial charge in [0, 0.05) is 18.1 Å². The molecule has 0 radical (unpaired) electrons. The van der Waals surface area contributed by atoms with Crippen LogP contribution in [0.3, 0.4) is 0 Å². The van der Waals surface area contributed by atoms with Crippen molar-refractivity contribution >= 4 is 5.69 Å². The smallest absolute Gasteiger partial charge is 0.311 e. The molecule has 0 aromatic heterocycles. The molecule has 0 amide bonds. The van der Waals surface area contributed by atoms with Gasteiger partial charge in [0.25, 0.3) is 0 Å². The van der Waals surface area contributed by atoms with E-state index in [-0.39, 0.29) is 23.5 Å². The minimum Gasteiger partial charge on any atom is -0.483 e. The van der Waals surface area contributed by atoms with Gasteiger partial charge in [0.1, 0.15) is 11.9 Å². The Labute approximate surface area is 110 Å². The molecular formula is C13H17FN2O3. The molecule has 1 aliphatic rings. The van der Waals surface area contributed by atoms with Crippen LogP contribution in [0.4, 0.5) is 10.1 Å². The molecule has 104 valence electrons. The van der Waals surface area contributed by atoms with E-state index in [2.05, 4.69) is 0 Å². The molecule has 1 aliphatic carbocycles. The summed E-state index contributed by atoms with van der Waals surface area (Å²) in [5.74, 6) is -0.368. The summed E-state index contributed by atoms with van der Waals surface area (Å²) in [6, 6.07) is 3.26. The molecule has 0 spiro atoms. The topological polar surface area (TPSA) is 78.4 Å². The van der Waals surface area contributed by atoms with Gasteiger partial charge in [-0.1, -0.05) is 6.42 Å². The summed E-state index contributed by atoms with van der Waals surface area (Å²) in [6.45, 7) is 0.480. The average molecular weight is 268 g/mol. The van der Waals surface area contributed by atoms with Gasteiger partial charge in [-0.25, -0.2) is 4.39 Å². The van der Waals surface area contributed by atoms with Crippen LogP contribution < -0.4 is 10.5 Å². The zero-order valence-corrected chi connectivity index (χ0v) is 10.5. The molecule has 6 heteroatoms. The molecule has 1 aromatic carbocycles. The van der Waals surface area contributed by atoms with Gasteiger partial charge < -0.3 is 10.5 Å². The van der Waals surface area contributed by atoms with E-state index in [1.165, 1.54) is 0 Å². The fraction of sp³-hybridized carbons (Fsp3) is 0.538. The van der Waals surface area contributed by atoms with Crippen molar-refractivity contribution in [2.75, 3.05) is 6.54 Å². The number of rotatable bonds is 4. The number of halogens is 1. The van der Waals surface area contributed by atoms with Crippen LogP contribution in [0, 0.1) is 21.8 Å². The van der Waals surface area contributed by atoms with Gasteiger partial charge >= 0.3 is 5.69 Å². The summed E-state index contributed by atoms with van der Waals surface area (Å²) >= 11 is 0. The second kappa shape index (κ2) is 5.97. The van der Waals surface area contributed by atoms with E-state index in [9.17, 15) is 14.5 Å². The summed E-state index contributed by atoms with van der Waals surface area (Å²) in [4.78, 5) is 10.3. The Hall–Kier alpha value is -1.69. The van der Waals surface area contributed by atoms with E-state index >= 15 is 0 Å². The van der Waals surface area contributed by atoms with Crippen molar-refractivity contribution in [1.82, 2.24) is 0 Å². The van der Waals surface area contributed by atoms with Crippen molar-refractivity contribution in [3.63, 3.8) is 0 Å². The van der Waals surface area contributed by atoms with Gasteiger partial charge in [0.15, 0.2) is 5.75 Å². The average Bonchev–Trinajstić information content (AvgIpc) is 2.39. The zero-order chi connectivity index (χ0) is 13.8. The van der Waals surface area contributed by atoms with Crippen LogP contribution in [0.1, 0.15) is 25.7 Å². The first-order valence-electron chi connectivity index (χ1n) is 6.42. The minimum atomic E-state index is -0.560. The second-order valence-corrected chi connectivity index (χ2v) is 4.81. The number of ether oxygens (including phenoxy) is 1. The van der Waals surface area contributed by atoms with E-state index < -0.39 is 10.7 Å². The van der Waals surface area contributed by atoms with Gasteiger partial charge in [-0.15, -0.1) is 0 Å². The summed E-state index contributed by atoms with van der Waals surface area (Å²) in [6.07, 6.45) is 3.68. The minimum absolute atomic E-state index is 0.00431. The predicted molar refractivity (Wildman–Crippen MR) is 68.5 cm³/mol. The van der Waals surface area contributed by atoms with E-state index in [0.717, 1.165) is 43.9 Å². The molecule has 1 fully saturated rings. The largest absolute Gasteiger partial charge is 0.483 e. The lowest BCUT2D eigenvalue weighted by Crippen LogP contribution is -2.35. The lowest BCUT2D eigenvalue weighted by Gasteiger charge is -2.30. The second-order valence-electron chi connectivity index (χ2n) is 4.81. The van der Waals surface area contributed by atoms with Crippen LogP contribution in [0.2, 0.25) is 0 Å². The SMILES string of the molecule is NCC1CCCCC1Oc1cc(F)ccc1[N+](=O)[O-]. The Balaban J connectivity index is 2.21. The molecule has 1 saturated carbocycles. The third-order valence-electron chi connectivity index (χ3n) is 3.54. The molecule has 0 aliphatic heterocycles. The number of nitro benzene ring substituents is 1. The molecule has 0 heterocycles. The highest BCUT2D eigenvalue weighted by Crippen LogP contribution is 2.33. The Kier molecular flexibility index (Phi) is 4.31. The highest BCUT2D eigenvalue weighted by Gasteiger charge is 2.28. The first-order valence-corrected chi connectivity index (χ1v) is 6.42. The van der Waals surface area contributed by atoms with Crippen LogP contribution in [0.25, 0.3) is 0 Å². The zero-order valence-electron chi connectivity index (χ0n) is 10.5. The molecule has 5 nitrogen and oxygen atoms in total. The number of nitrogens with zero attached hydrogens (tertiary/aromatic N) is 1. The van der Waals surface area contributed by atoms with Crippen molar-refractivity contribution in [3.05, 3.63) is 34.1 Å². The van der Waals surface area contributed by atoms with Gasteiger partial charge in [0.05, 0.1) is 4.92 Å². The van der Waals surface area contributed by atoms with Crippen LogP contribution >= 0.6 is 0 Å². The maximum Gasteiger partial charge on any atom is 0.311 e. The van der Waals surface area contributed by atoms with E-state index in [1.54, 1.807) is 0 Å². The van der Waals surface area contributed by atoms with Crippen LogP contribution in [-0.4, -0.2) is 17.6 Å². The van der Waals surface area contributed by atoms with E-state index in [1.807, 2.05) is 0 Å². The fourth-order valence-electron chi connectivity index (χ4n) is 2.49. The molecule has 0 saturated heterocycles. The number of benzene rings is 1. The van der Waals surface area contributed by atoms with Crippen LogP contribution in [-0.2, 0) is 0 Å². The Morgan fingerprint density at radius 1 is 1.42 bits per heavy atom. The van der Waals surface area contributed by atoms with Crippen molar-refractivity contribution in [3.8, 4) is 5.75 Å². The lowest BCUT2D eigenvalue weighted by molar-refractivity contribution is -0.386. The fourth-order valence-corrected chi connectivity index (χ4v) is 2.49. The summed E-state index contributed by atoms with van der Waals surface area (Å²) in [7, 11) is 0. The van der Waals surface area contributed by atoms with Gasteiger partial charge in [0.2, 0.25) is 0 Å². The summed E-state index contributed by atoms with van der Waals surface area (Å²) in [5.41, 5.74) is 5.48. The standard InChI is InChI=1S/C13H17FN2O3/c14-10-5-6-11(16(17)18)13(7-10)19-12-4-2-1-3-9(12)8-15/h5-7,9,12H,1-4,8,15H2. The third-order valence-corrected chi connectivity index (χ3v) is 3.54. The molecular weight excluding hydrogens is 251 g/mol. The molecule has 1 aromatic rings. The predicted octanol–water partition coefficient (Wildman–Crippen LogP) is 2.63. The normalized spacial score (nSPS) is 23.1. The van der Waals surface area contributed by atoms with Crippen molar-refractivity contribution in [1.29, 1.82) is 0 Å². The Morgan fingerprint density at radius 2 is 2.16 bits per heavy atom. The maximum atomic E-state index is 13.2. The molecule has 2 unspecified atom stereocenters. The molecule has 0 bridgehead atoms. The molecule has 2 rings (SSSR count). The number of nitro groups is 1. The van der Waals surface area contributed by atoms with Crippen LogP contribution in [0.15, 0.2) is 18.2 Å². The summed E-state index contributed by atoms with van der Waals surface area (Å²) in [5, 5.41) is 10.9. The number of hydrogen-bond donors (Lipinski definition) is 1. The highest BCUT2D eigenvalue weighted by molar-refractivity contribution is 5.46. The monoisotopic (exact) mass is 268 g/mol. The van der Waals surface area contributed by atoms with E-state index in [4.69, 9.17) is 10.5 Å². The van der Waals surface area contributed by atoms with Crippen molar-refractivity contribution in [2.45, 2.75) is 31.8 Å². The molecule has 2 N–H and O–H groups in total. The van der Waals surface area contributed by atoms with Crippen LogP contribution in [0.5, 0.6) is 5.75 Å². The van der Waals surface area contributed by atoms with E-state index in [0.29, 0.717) is 6.54 Å². The first-order chi connectivity index (χ1) is 9.11. The van der Waals surface area contributed by atoms with Gasteiger partial charge in [-0.2, -0.15) is 0 Å².